The Balaban J connectivity index is -0.00000000500. The monoisotopic (exact) mass is 212 g/mol. The van der Waals surface area contributed by atoms with Crippen LogP contribution in [0.4, 0.5) is 0 Å². The van der Waals surface area contributed by atoms with Gasteiger partial charge >= 0.3 is 33.1 Å². The molecule has 4 heteroatoms. The van der Waals surface area contributed by atoms with Crippen molar-refractivity contribution >= 4 is 0 Å². The molecule has 0 amide bonds. The average Bonchev–Trinajstić information content (AvgIpc) is 1.00. The average molecular weight is 212 g/mol. The Labute approximate surface area is 70.0 Å². The third-order valence-electron chi connectivity index (χ3n) is 0. The maximum atomic E-state index is 8.38. The first kappa shape index (κ1) is 16.7. The minimum Gasteiger partial charge on any atom is 0 e. The molecule has 0 saturated carbocycles. The fourth-order valence-electron chi connectivity index (χ4n) is 0. The van der Waals surface area contributed by atoms with Crippen LogP contribution in [0.25, 0.3) is 0 Å². The van der Waals surface area contributed by atoms with E-state index in [1.807, 2.05) is 0 Å². The predicted octanol–water partition coefficient (Wildman–Crippen LogP) is -0.949. The fraction of sp³-hybridized carbons (Fsp3) is 0. The van der Waals surface area contributed by atoms with Crippen LogP contribution in [-0.2, 0) is 65.8 Å². The molecule has 0 aromatic carbocycles. The Bertz CT molecular complexity index is 4.00. The molecular weight excluding hydrogens is 210 g/mol. The summed E-state index contributed by atoms with van der Waals surface area (Å²) in [6.45, 7) is 0. The van der Waals surface area contributed by atoms with Crippen LogP contribution in [0.15, 0.2) is 0 Å². The predicted molar refractivity (Wildman–Crippen MR) is 4.30 cm³/mol. The number of hydrogen-bond donors (Lipinski definition) is 0. The molecule has 2 nitrogen and oxygen atoms in total. The van der Waals surface area contributed by atoms with Gasteiger partial charge in [0, 0.05) is 32.7 Å². The van der Waals surface area contributed by atoms with Gasteiger partial charge in [-0.1, -0.05) is 0 Å². The Hall–Kier alpha value is 1.97. The molecule has 2 N–H and O–H groups in total. The van der Waals surface area contributed by atoms with Gasteiger partial charge in [-0.2, -0.15) is 0 Å². The molecule has 0 spiro atoms. The summed E-state index contributed by atoms with van der Waals surface area (Å²) in [4.78, 5) is 0. The molecule has 0 aromatic heterocycles. The molecule has 4 heavy (non-hydrogen) atoms. The summed E-state index contributed by atoms with van der Waals surface area (Å²) in [6, 6.07) is 0. The van der Waals surface area contributed by atoms with Crippen molar-refractivity contribution in [1.82, 2.24) is 0 Å². The molecule has 0 aromatic rings. The molecule has 0 rings (SSSR count). The van der Waals surface area contributed by atoms with E-state index in [0.29, 0.717) is 0 Å². The van der Waals surface area contributed by atoms with Gasteiger partial charge in [0.1, 0.15) is 0 Å². The zero-order valence-corrected chi connectivity index (χ0v) is 7.74. The summed E-state index contributed by atoms with van der Waals surface area (Å²) < 4.78 is 8.38. The van der Waals surface area contributed by atoms with Gasteiger partial charge < -0.3 is 5.48 Å². The van der Waals surface area contributed by atoms with Crippen LogP contribution < -0.4 is 0 Å². The molecule has 0 atom stereocenters. The molecule has 0 unspecified atom stereocenters. The standard InChI is InChI=1S/H2O.O.2Y/h1H2;;;. The summed E-state index contributed by atoms with van der Waals surface area (Å²) >= 11 is 0.100. The van der Waals surface area contributed by atoms with Crippen LogP contribution in [0.3, 0.4) is 0 Å². The molecular formula is H2O2Y2. The third kappa shape index (κ3) is 9.03. The van der Waals surface area contributed by atoms with Gasteiger partial charge in [-0.15, -0.1) is 0 Å². The maximum absolute atomic E-state index is 8.38. The third-order valence-corrected chi connectivity index (χ3v) is 0. The van der Waals surface area contributed by atoms with Crippen molar-refractivity contribution in [3.8, 4) is 0 Å². The fourth-order valence-corrected chi connectivity index (χ4v) is 0. The number of rotatable bonds is 0. The van der Waals surface area contributed by atoms with Crippen LogP contribution in [0.5, 0.6) is 0 Å². The minimum atomic E-state index is 0. The van der Waals surface area contributed by atoms with E-state index in [1.54, 1.807) is 0 Å². The summed E-state index contributed by atoms with van der Waals surface area (Å²) in [5.41, 5.74) is 0. The van der Waals surface area contributed by atoms with E-state index in [2.05, 4.69) is 0 Å². The summed E-state index contributed by atoms with van der Waals surface area (Å²) in [6.07, 6.45) is 0. The first-order valence-electron chi connectivity index (χ1n) is 0.236. The van der Waals surface area contributed by atoms with Crippen LogP contribution in [-0.4, -0.2) is 5.48 Å². The minimum absolute atomic E-state index is 0. The second-order valence-electron chi connectivity index (χ2n) is 0. The van der Waals surface area contributed by atoms with Gasteiger partial charge in [0.15, 0.2) is 0 Å². The Morgan fingerprint density at radius 1 is 1.25 bits per heavy atom. The smallest absolute Gasteiger partial charge is 0 e. The molecule has 0 aliphatic carbocycles. The van der Waals surface area contributed by atoms with E-state index in [1.165, 1.54) is 0 Å². The SMILES string of the molecule is O.[O]=[Y].[Y]. The van der Waals surface area contributed by atoms with E-state index in [0.717, 1.165) is 0 Å². The van der Waals surface area contributed by atoms with E-state index in [-0.39, 0.29) is 69.2 Å². The van der Waals surface area contributed by atoms with Crippen LogP contribution in [0.2, 0.25) is 0 Å². The van der Waals surface area contributed by atoms with Crippen molar-refractivity contribution in [1.29, 1.82) is 0 Å². The van der Waals surface area contributed by atoms with Gasteiger partial charge in [-0.05, 0) is 0 Å². The summed E-state index contributed by atoms with van der Waals surface area (Å²) in [5.74, 6) is 0. The maximum Gasteiger partial charge on any atom is 0 e. The Morgan fingerprint density at radius 2 is 1.25 bits per heavy atom. The molecule has 0 saturated heterocycles. The first-order chi connectivity index (χ1) is 1.00. The van der Waals surface area contributed by atoms with Crippen LogP contribution in [0, 0.1) is 0 Å². The van der Waals surface area contributed by atoms with Crippen LogP contribution in [0.1, 0.15) is 0 Å². The van der Waals surface area contributed by atoms with Crippen molar-refractivity contribution in [2.75, 3.05) is 0 Å². The normalized spacial score (nSPS) is 1.50. The molecule has 0 bridgehead atoms. The molecule has 0 aliphatic rings. The van der Waals surface area contributed by atoms with Crippen LogP contribution >= 0.6 is 0 Å². The summed E-state index contributed by atoms with van der Waals surface area (Å²) in [7, 11) is 0. The quantitative estimate of drug-likeness (QED) is 0.510. The Morgan fingerprint density at radius 3 is 1.25 bits per heavy atom. The molecule has 20 valence electrons. The van der Waals surface area contributed by atoms with E-state index >= 15 is 0 Å². The van der Waals surface area contributed by atoms with Gasteiger partial charge in [0.2, 0.25) is 0 Å². The van der Waals surface area contributed by atoms with Crippen molar-refractivity contribution in [3.63, 3.8) is 0 Å². The molecule has 1 radical (unpaired) electrons. The van der Waals surface area contributed by atoms with Gasteiger partial charge in [-0.3, -0.25) is 0 Å². The topological polar surface area (TPSA) is 48.6 Å². The second-order valence-corrected chi connectivity index (χ2v) is 0. The Kier molecular flexibility index (Phi) is 84.4. The van der Waals surface area contributed by atoms with E-state index < -0.39 is 0 Å². The van der Waals surface area contributed by atoms with Crippen molar-refractivity contribution < 1.29 is 71.2 Å². The van der Waals surface area contributed by atoms with Crippen molar-refractivity contribution in [2.24, 2.45) is 0 Å². The van der Waals surface area contributed by atoms with E-state index in [9.17, 15) is 0 Å². The van der Waals surface area contributed by atoms with Gasteiger partial charge in [-0.25, -0.2) is 0 Å². The zero-order chi connectivity index (χ0) is 2.00. The van der Waals surface area contributed by atoms with Gasteiger partial charge in [0.25, 0.3) is 0 Å². The van der Waals surface area contributed by atoms with E-state index in [4.69, 9.17) is 2.04 Å². The largest absolute Gasteiger partial charge is 0 e. The molecule has 0 aliphatic heterocycles. The number of hydrogen-bond acceptors (Lipinski definition) is 1. The zero-order valence-electron chi connectivity index (χ0n) is 2.06. The molecule has 0 fully saturated rings. The first-order valence-corrected chi connectivity index (χ1v) is 1.39. The summed E-state index contributed by atoms with van der Waals surface area (Å²) in [5, 5.41) is 0. The van der Waals surface area contributed by atoms with Gasteiger partial charge in [0.05, 0.1) is 0 Å². The molecule has 0 heterocycles. The van der Waals surface area contributed by atoms with Crippen molar-refractivity contribution in [2.45, 2.75) is 0 Å². The van der Waals surface area contributed by atoms with Crippen molar-refractivity contribution in [3.05, 3.63) is 0 Å². The second kappa shape index (κ2) is 20.2.